The molecule has 2 atom stereocenters. The largest absolute Gasteiger partial charge is 0.375 e. The molecule has 2 fully saturated rings. The van der Waals surface area contributed by atoms with Crippen molar-refractivity contribution in [3.8, 4) is 0 Å². The number of amides is 1. The van der Waals surface area contributed by atoms with Crippen molar-refractivity contribution in [1.29, 1.82) is 0 Å². The molecule has 4 nitrogen and oxygen atoms in total. The molecule has 2 saturated heterocycles. The lowest BCUT2D eigenvalue weighted by Crippen LogP contribution is -2.60. The van der Waals surface area contributed by atoms with Crippen LogP contribution in [-0.2, 0) is 16.0 Å². The summed E-state index contributed by atoms with van der Waals surface area (Å²) in [5, 5.41) is 0. The van der Waals surface area contributed by atoms with Gasteiger partial charge >= 0.3 is 0 Å². The fraction of sp³-hybridized carbons (Fsp3) is 0.611. The summed E-state index contributed by atoms with van der Waals surface area (Å²) in [5.41, 5.74) is 2.33. The van der Waals surface area contributed by atoms with Crippen LogP contribution in [0.25, 0.3) is 0 Å². The van der Waals surface area contributed by atoms with E-state index in [-0.39, 0.29) is 5.91 Å². The van der Waals surface area contributed by atoms with Crippen molar-refractivity contribution in [2.24, 2.45) is 0 Å². The highest BCUT2D eigenvalue weighted by Crippen LogP contribution is 2.23. The first-order chi connectivity index (χ1) is 10.7. The molecule has 2 heterocycles. The van der Waals surface area contributed by atoms with Gasteiger partial charge in [-0.1, -0.05) is 36.8 Å². The quantitative estimate of drug-likeness (QED) is 0.854. The van der Waals surface area contributed by atoms with Gasteiger partial charge in [0.25, 0.3) is 0 Å². The van der Waals surface area contributed by atoms with E-state index >= 15 is 0 Å². The van der Waals surface area contributed by atoms with Crippen LogP contribution in [0.2, 0.25) is 0 Å². The van der Waals surface area contributed by atoms with Crippen molar-refractivity contribution >= 4 is 5.91 Å². The van der Waals surface area contributed by atoms with E-state index in [1.165, 1.54) is 5.56 Å². The maximum atomic E-state index is 12.6. The zero-order chi connectivity index (χ0) is 15.5. The Bertz CT molecular complexity index is 508. The van der Waals surface area contributed by atoms with Crippen LogP contribution in [0.5, 0.6) is 0 Å². The molecule has 2 aliphatic heterocycles. The Labute approximate surface area is 133 Å². The van der Waals surface area contributed by atoms with Crippen LogP contribution in [0, 0.1) is 6.92 Å². The molecule has 0 N–H and O–H groups in total. The normalized spacial score (nSPS) is 25.8. The summed E-state index contributed by atoms with van der Waals surface area (Å²) in [7, 11) is 0. The van der Waals surface area contributed by atoms with Crippen molar-refractivity contribution in [1.82, 2.24) is 9.80 Å². The summed E-state index contributed by atoms with van der Waals surface area (Å²) in [4.78, 5) is 17.1. The summed E-state index contributed by atoms with van der Waals surface area (Å²) < 4.78 is 5.89. The second kappa shape index (κ2) is 6.80. The summed E-state index contributed by atoms with van der Waals surface area (Å²) >= 11 is 0. The van der Waals surface area contributed by atoms with Gasteiger partial charge in [0.1, 0.15) is 0 Å². The van der Waals surface area contributed by atoms with Gasteiger partial charge in [-0.3, -0.25) is 9.69 Å². The van der Waals surface area contributed by atoms with Gasteiger partial charge in [-0.05, 0) is 25.5 Å². The van der Waals surface area contributed by atoms with Crippen LogP contribution in [0.4, 0.5) is 0 Å². The number of aryl methyl sites for hydroxylation is 1. The van der Waals surface area contributed by atoms with E-state index in [2.05, 4.69) is 43.0 Å². The molecule has 1 amide bonds. The minimum absolute atomic E-state index is 0.240. The number of hydrogen-bond donors (Lipinski definition) is 0. The van der Waals surface area contributed by atoms with Gasteiger partial charge in [0.15, 0.2) is 0 Å². The number of likely N-dealkylation sites (tertiary alicyclic amines) is 1. The zero-order valence-corrected chi connectivity index (χ0v) is 13.6. The molecular weight excluding hydrogens is 276 g/mol. The maximum Gasteiger partial charge on any atom is 0.227 e. The van der Waals surface area contributed by atoms with Crippen LogP contribution in [0.15, 0.2) is 24.3 Å². The zero-order valence-electron chi connectivity index (χ0n) is 13.6. The molecule has 0 aliphatic carbocycles. The Hall–Kier alpha value is -1.39. The number of benzene rings is 1. The average molecular weight is 302 g/mol. The third kappa shape index (κ3) is 3.33. The van der Waals surface area contributed by atoms with Crippen molar-refractivity contribution in [3.63, 3.8) is 0 Å². The van der Waals surface area contributed by atoms with E-state index in [9.17, 15) is 4.79 Å². The predicted molar refractivity (Wildman–Crippen MR) is 86.9 cm³/mol. The van der Waals surface area contributed by atoms with Crippen LogP contribution in [0.1, 0.15) is 24.5 Å². The molecule has 0 saturated carbocycles. The van der Waals surface area contributed by atoms with Gasteiger partial charge in [-0.2, -0.15) is 0 Å². The van der Waals surface area contributed by atoms with Crippen LogP contribution in [0.3, 0.4) is 0 Å². The first kappa shape index (κ1) is 15.5. The molecule has 3 rings (SSSR count). The molecule has 22 heavy (non-hydrogen) atoms. The topological polar surface area (TPSA) is 32.8 Å². The van der Waals surface area contributed by atoms with E-state index in [4.69, 9.17) is 4.74 Å². The molecule has 2 aliphatic rings. The lowest BCUT2D eigenvalue weighted by Gasteiger charge is -2.46. The molecule has 0 spiro atoms. The van der Waals surface area contributed by atoms with Gasteiger partial charge in [-0.15, -0.1) is 0 Å². The summed E-state index contributed by atoms with van der Waals surface area (Å²) in [6.45, 7) is 8.73. The standard InChI is InChI=1S/C18H26N2O2/c1-3-19-10-11-22-17-8-9-20(13-16(17)19)18(21)12-15-6-4-14(2)5-7-15/h4-7,16-17H,3,8-13H2,1-2H3/t16-,17-/m0/s1. The monoisotopic (exact) mass is 302 g/mol. The summed E-state index contributed by atoms with van der Waals surface area (Å²) in [6.07, 6.45) is 1.77. The Morgan fingerprint density at radius 1 is 1.27 bits per heavy atom. The predicted octanol–water partition coefficient (Wildman–Crippen LogP) is 1.86. The number of likely N-dealkylation sites (N-methyl/N-ethyl adjacent to an activating group) is 1. The maximum absolute atomic E-state index is 12.6. The highest BCUT2D eigenvalue weighted by atomic mass is 16.5. The van der Waals surface area contributed by atoms with E-state index in [0.29, 0.717) is 18.6 Å². The van der Waals surface area contributed by atoms with Crippen LogP contribution >= 0.6 is 0 Å². The number of rotatable bonds is 3. The van der Waals surface area contributed by atoms with Gasteiger partial charge in [-0.25, -0.2) is 0 Å². The van der Waals surface area contributed by atoms with Crippen molar-refractivity contribution in [2.75, 3.05) is 32.8 Å². The van der Waals surface area contributed by atoms with Crippen LogP contribution < -0.4 is 0 Å². The second-order valence-electron chi connectivity index (χ2n) is 6.40. The lowest BCUT2D eigenvalue weighted by molar-refractivity contribution is -0.141. The second-order valence-corrected chi connectivity index (χ2v) is 6.40. The third-order valence-electron chi connectivity index (χ3n) is 4.93. The molecule has 0 aromatic heterocycles. The number of carbonyl (C=O) groups excluding carboxylic acids is 1. The van der Waals surface area contributed by atoms with Gasteiger partial charge < -0.3 is 9.64 Å². The molecule has 0 unspecified atom stereocenters. The van der Waals surface area contributed by atoms with E-state index in [1.54, 1.807) is 0 Å². The number of hydrogen-bond acceptors (Lipinski definition) is 3. The van der Waals surface area contributed by atoms with Crippen molar-refractivity contribution in [3.05, 3.63) is 35.4 Å². The summed E-state index contributed by atoms with van der Waals surface area (Å²) in [6, 6.07) is 8.63. The number of nitrogens with zero attached hydrogens (tertiary/aromatic N) is 2. The van der Waals surface area contributed by atoms with Crippen LogP contribution in [-0.4, -0.2) is 60.6 Å². The minimum atomic E-state index is 0.240. The number of fused-ring (bicyclic) bond motifs is 1. The van der Waals surface area contributed by atoms with E-state index in [1.807, 2.05) is 4.90 Å². The number of morpholine rings is 1. The molecule has 1 aromatic carbocycles. The molecule has 4 heteroatoms. The highest BCUT2D eigenvalue weighted by molar-refractivity contribution is 5.79. The Balaban J connectivity index is 1.62. The summed E-state index contributed by atoms with van der Waals surface area (Å²) in [5.74, 6) is 0.240. The molecule has 0 bridgehead atoms. The first-order valence-electron chi connectivity index (χ1n) is 8.36. The Morgan fingerprint density at radius 2 is 2.05 bits per heavy atom. The fourth-order valence-corrected chi connectivity index (χ4v) is 3.55. The molecule has 1 aromatic rings. The SMILES string of the molecule is CCN1CCO[C@H]2CCN(C(=O)Cc3ccc(C)cc3)C[C@@H]21. The molecule has 120 valence electrons. The van der Waals surface area contributed by atoms with E-state index < -0.39 is 0 Å². The van der Waals surface area contributed by atoms with Crippen molar-refractivity contribution in [2.45, 2.75) is 38.8 Å². The van der Waals surface area contributed by atoms with Gasteiger partial charge in [0, 0.05) is 19.6 Å². The fourth-order valence-electron chi connectivity index (χ4n) is 3.55. The smallest absolute Gasteiger partial charge is 0.227 e. The van der Waals surface area contributed by atoms with Gasteiger partial charge in [0.05, 0.1) is 25.2 Å². The number of piperidine rings is 1. The lowest BCUT2D eigenvalue weighted by atomic mass is 9.98. The highest BCUT2D eigenvalue weighted by Gasteiger charge is 2.37. The Kier molecular flexibility index (Phi) is 4.79. The minimum Gasteiger partial charge on any atom is -0.375 e. The number of ether oxygens (including phenoxy) is 1. The molecular formula is C18H26N2O2. The van der Waals surface area contributed by atoms with Gasteiger partial charge in [0.2, 0.25) is 5.91 Å². The third-order valence-corrected chi connectivity index (χ3v) is 4.93. The first-order valence-corrected chi connectivity index (χ1v) is 8.36. The van der Waals surface area contributed by atoms with Crippen molar-refractivity contribution < 1.29 is 9.53 Å². The van der Waals surface area contributed by atoms with E-state index in [0.717, 1.165) is 44.8 Å². The Morgan fingerprint density at radius 3 is 2.77 bits per heavy atom. The number of carbonyl (C=O) groups is 1. The average Bonchev–Trinajstić information content (AvgIpc) is 2.55. The molecule has 0 radical (unpaired) electrons.